The van der Waals surface area contributed by atoms with Gasteiger partial charge in [-0.1, -0.05) is 12.1 Å². The third kappa shape index (κ3) is 6.51. The van der Waals surface area contributed by atoms with E-state index >= 15 is 0 Å². The third-order valence-electron chi connectivity index (χ3n) is 5.93. The Morgan fingerprint density at radius 1 is 1.03 bits per heavy atom. The summed E-state index contributed by atoms with van der Waals surface area (Å²) >= 11 is 0. The number of pyridine rings is 1. The van der Waals surface area contributed by atoms with E-state index in [9.17, 15) is 18.0 Å². The normalized spacial score (nSPS) is 14.9. The maximum atomic E-state index is 12.7. The van der Waals surface area contributed by atoms with Crippen molar-refractivity contribution in [2.24, 2.45) is 0 Å². The summed E-state index contributed by atoms with van der Waals surface area (Å²) in [7, 11) is 1.67. The van der Waals surface area contributed by atoms with Crippen molar-refractivity contribution in [1.82, 2.24) is 9.88 Å². The van der Waals surface area contributed by atoms with Crippen LogP contribution in [0.4, 0.5) is 24.7 Å². The molecule has 2 aromatic carbocycles. The SMILES string of the molecule is COc1cccc(CN2CCCN(c3ccc(NC(=O)c4ccc(C(F)(F)F)cc4)cn3)CC2)c1. The number of amides is 1. The molecule has 1 fully saturated rings. The highest BCUT2D eigenvalue weighted by Gasteiger charge is 2.30. The van der Waals surface area contributed by atoms with Crippen molar-refractivity contribution in [2.75, 3.05) is 43.5 Å². The van der Waals surface area contributed by atoms with Crippen LogP contribution in [-0.4, -0.2) is 49.1 Å². The summed E-state index contributed by atoms with van der Waals surface area (Å²) in [5, 5.41) is 2.68. The number of nitrogens with zero attached hydrogens (tertiary/aromatic N) is 3. The van der Waals surface area contributed by atoms with E-state index in [1.165, 1.54) is 5.56 Å². The first-order chi connectivity index (χ1) is 16.8. The summed E-state index contributed by atoms with van der Waals surface area (Å²) in [6.45, 7) is 4.43. The number of ether oxygens (including phenoxy) is 1. The lowest BCUT2D eigenvalue weighted by atomic mass is 10.1. The zero-order valence-corrected chi connectivity index (χ0v) is 19.4. The number of benzene rings is 2. The molecule has 0 atom stereocenters. The van der Waals surface area contributed by atoms with Crippen molar-refractivity contribution in [2.45, 2.75) is 19.1 Å². The quantitative estimate of drug-likeness (QED) is 0.529. The van der Waals surface area contributed by atoms with E-state index in [0.29, 0.717) is 5.69 Å². The van der Waals surface area contributed by atoms with Gasteiger partial charge in [0.15, 0.2) is 0 Å². The van der Waals surface area contributed by atoms with Crippen LogP contribution in [0.3, 0.4) is 0 Å². The van der Waals surface area contributed by atoms with E-state index in [2.05, 4.69) is 32.2 Å². The Morgan fingerprint density at radius 3 is 2.51 bits per heavy atom. The van der Waals surface area contributed by atoms with Crippen molar-refractivity contribution >= 4 is 17.4 Å². The van der Waals surface area contributed by atoms with Gasteiger partial charge in [0.1, 0.15) is 11.6 Å². The maximum Gasteiger partial charge on any atom is 0.416 e. The molecule has 4 rings (SSSR count). The van der Waals surface area contributed by atoms with E-state index in [1.54, 1.807) is 19.4 Å². The first kappa shape index (κ1) is 24.5. The van der Waals surface area contributed by atoms with E-state index in [1.807, 2.05) is 18.2 Å². The number of methoxy groups -OCH3 is 1. The number of anilines is 2. The van der Waals surface area contributed by atoms with Crippen LogP contribution in [0.2, 0.25) is 0 Å². The molecule has 9 heteroatoms. The summed E-state index contributed by atoms with van der Waals surface area (Å²) < 4.78 is 43.5. The predicted octanol–water partition coefficient (Wildman–Crippen LogP) is 5.07. The second kappa shape index (κ2) is 10.8. The highest BCUT2D eigenvalue weighted by molar-refractivity contribution is 6.04. The van der Waals surface area contributed by atoms with Gasteiger partial charge in [-0.25, -0.2) is 4.98 Å². The Bertz CT molecular complexity index is 1130. The van der Waals surface area contributed by atoms with Crippen LogP contribution in [0.1, 0.15) is 27.9 Å². The number of alkyl halides is 3. The second-order valence-corrected chi connectivity index (χ2v) is 8.40. The minimum absolute atomic E-state index is 0.144. The molecule has 184 valence electrons. The highest BCUT2D eigenvalue weighted by Crippen LogP contribution is 2.29. The molecule has 1 N–H and O–H groups in total. The standard InChI is InChI=1S/C26H27F3N4O2/c1-35-23-5-2-4-19(16-23)18-32-12-3-13-33(15-14-32)24-11-10-22(17-30-24)31-25(34)20-6-8-21(9-7-20)26(27,28)29/h2,4-11,16-17H,3,12-15,18H2,1H3,(H,31,34). The van der Waals surface area contributed by atoms with Gasteiger partial charge in [0, 0.05) is 38.3 Å². The molecule has 0 spiro atoms. The number of rotatable bonds is 6. The zero-order chi connectivity index (χ0) is 24.8. The lowest BCUT2D eigenvalue weighted by molar-refractivity contribution is -0.137. The Labute approximate surface area is 202 Å². The van der Waals surface area contributed by atoms with Crippen molar-refractivity contribution < 1.29 is 22.7 Å². The van der Waals surface area contributed by atoms with Crippen LogP contribution >= 0.6 is 0 Å². The van der Waals surface area contributed by atoms with Crippen molar-refractivity contribution in [1.29, 1.82) is 0 Å². The number of nitrogens with one attached hydrogen (secondary N) is 1. The Kier molecular flexibility index (Phi) is 7.55. The molecule has 1 aromatic heterocycles. The van der Waals surface area contributed by atoms with Crippen LogP contribution in [0.15, 0.2) is 66.9 Å². The average Bonchev–Trinajstić information content (AvgIpc) is 3.10. The summed E-state index contributed by atoms with van der Waals surface area (Å²) in [4.78, 5) is 21.5. The minimum Gasteiger partial charge on any atom is -0.497 e. The van der Waals surface area contributed by atoms with E-state index < -0.39 is 17.6 Å². The zero-order valence-electron chi connectivity index (χ0n) is 19.4. The lowest BCUT2D eigenvalue weighted by Crippen LogP contribution is -2.31. The number of aromatic nitrogens is 1. The fourth-order valence-electron chi connectivity index (χ4n) is 4.05. The van der Waals surface area contributed by atoms with Crippen LogP contribution in [0, 0.1) is 0 Å². The van der Waals surface area contributed by atoms with E-state index in [-0.39, 0.29) is 5.56 Å². The molecule has 0 bridgehead atoms. The third-order valence-corrected chi connectivity index (χ3v) is 5.93. The number of halogens is 3. The second-order valence-electron chi connectivity index (χ2n) is 8.40. The fraction of sp³-hybridized carbons (Fsp3) is 0.308. The van der Waals surface area contributed by atoms with Gasteiger partial charge in [-0.2, -0.15) is 13.2 Å². The number of hydrogen-bond acceptors (Lipinski definition) is 5. The monoisotopic (exact) mass is 484 g/mol. The first-order valence-electron chi connectivity index (χ1n) is 11.4. The van der Waals surface area contributed by atoms with Crippen LogP contribution in [-0.2, 0) is 12.7 Å². The van der Waals surface area contributed by atoms with E-state index in [0.717, 1.165) is 75.0 Å². The smallest absolute Gasteiger partial charge is 0.416 e. The Hall–Kier alpha value is -3.59. The lowest BCUT2D eigenvalue weighted by Gasteiger charge is -2.23. The fourth-order valence-corrected chi connectivity index (χ4v) is 4.05. The van der Waals surface area contributed by atoms with E-state index in [4.69, 9.17) is 4.74 Å². The van der Waals surface area contributed by atoms with Crippen molar-refractivity contribution in [3.05, 3.63) is 83.6 Å². The molecule has 0 aliphatic carbocycles. The summed E-state index contributed by atoms with van der Waals surface area (Å²) in [6, 6.07) is 15.8. The summed E-state index contributed by atoms with van der Waals surface area (Å²) in [6.07, 6.45) is -1.87. The molecule has 35 heavy (non-hydrogen) atoms. The molecular formula is C26H27F3N4O2. The van der Waals surface area contributed by atoms with Crippen LogP contribution in [0.25, 0.3) is 0 Å². The van der Waals surface area contributed by atoms with Gasteiger partial charge in [-0.3, -0.25) is 9.69 Å². The molecule has 0 radical (unpaired) electrons. The molecule has 2 heterocycles. The molecular weight excluding hydrogens is 457 g/mol. The number of carbonyl (C=O) groups excluding carboxylic acids is 1. The summed E-state index contributed by atoms with van der Waals surface area (Å²) in [5.74, 6) is 1.19. The molecule has 0 saturated carbocycles. The predicted molar refractivity (Wildman–Crippen MR) is 129 cm³/mol. The molecule has 1 aliphatic rings. The number of hydrogen-bond donors (Lipinski definition) is 1. The van der Waals surface area contributed by atoms with Crippen molar-refractivity contribution in [3.63, 3.8) is 0 Å². The topological polar surface area (TPSA) is 57.7 Å². The molecule has 1 saturated heterocycles. The molecule has 1 amide bonds. The van der Waals surface area contributed by atoms with Gasteiger partial charge in [0.05, 0.1) is 24.6 Å². The van der Waals surface area contributed by atoms with Gasteiger partial charge >= 0.3 is 6.18 Å². The van der Waals surface area contributed by atoms with Gasteiger partial charge in [0.2, 0.25) is 0 Å². The highest BCUT2D eigenvalue weighted by atomic mass is 19.4. The molecule has 3 aromatic rings. The van der Waals surface area contributed by atoms with Crippen LogP contribution < -0.4 is 15.0 Å². The molecule has 6 nitrogen and oxygen atoms in total. The maximum absolute atomic E-state index is 12.7. The first-order valence-corrected chi connectivity index (χ1v) is 11.4. The van der Waals surface area contributed by atoms with Crippen LogP contribution in [0.5, 0.6) is 5.75 Å². The van der Waals surface area contributed by atoms with Gasteiger partial charge in [-0.15, -0.1) is 0 Å². The van der Waals surface area contributed by atoms with Crippen molar-refractivity contribution in [3.8, 4) is 5.75 Å². The van der Waals surface area contributed by atoms with Gasteiger partial charge in [-0.05, 0) is 60.5 Å². The molecule has 0 unspecified atom stereocenters. The Balaban J connectivity index is 1.32. The minimum atomic E-state index is -4.44. The Morgan fingerprint density at radius 2 is 1.83 bits per heavy atom. The average molecular weight is 485 g/mol. The summed E-state index contributed by atoms with van der Waals surface area (Å²) in [5.41, 5.74) is 1.04. The number of carbonyl (C=O) groups is 1. The molecule has 1 aliphatic heterocycles. The van der Waals surface area contributed by atoms with Gasteiger partial charge < -0.3 is 15.0 Å². The van der Waals surface area contributed by atoms with Gasteiger partial charge in [0.25, 0.3) is 5.91 Å². The largest absolute Gasteiger partial charge is 0.497 e.